The van der Waals surface area contributed by atoms with E-state index in [1.54, 1.807) is 7.11 Å². The molecule has 0 saturated carbocycles. The number of nitrogens with zero attached hydrogens (tertiary/aromatic N) is 1. The first-order chi connectivity index (χ1) is 9.52. The van der Waals surface area contributed by atoms with Gasteiger partial charge in [0.15, 0.2) is 9.84 Å². The van der Waals surface area contributed by atoms with Crippen molar-refractivity contribution in [1.82, 2.24) is 5.32 Å². The minimum atomic E-state index is -2.86. The van der Waals surface area contributed by atoms with E-state index in [1.165, 1.54) is 0 Å². The Balaban J connectivity index is 1.93. The highest BCUT2D eigenvalue weighted by Gasteiger charge is 2.24. The zero-order valence-corrected chi connectivity index (χ0v) is 12.8. The monoisotopic (exact) mass is 298 g/mol. The summed E-state index contributed by atoms with van der Waals surface area (Å²) in [5.41, 5.74) is 1.02. The van der Waals surface area contributed by atoms with Crippen molar-refractivity contribution >= 4 is 15.5 Å². The summed E-state index contributed by atoms with van der Waals surface area (Å²) in [6, 6.07) is 7.88. The molecule has 1 aliphatic rings. The van der Waals surface area contributed by atoms with Gasteiger partial charge in [0.05, 0.1) is 24.3 Å². The number of methoxy groups -OCH3 is 1. The van der Waals surface area contributed by atoms with E-state index in [-0.39, 0.29) is 17.5 Å². The zero-order chi connectivity index (χ0) is 14.6. The van der Waals surface area contributed by atoms with E-state index in [2.05, 4.69) is 10.2 Å². The van der Waals surface area contributed by atoms with E-state index in [1.807, 2.05) is 31.3 Å². The first-order valence-electron chi connectivity index (χ1n) is 6.80. The van der Waals surface area contributed by atoms with Gasteiger partial charge in [0, 0.05) is 26.2 Å². The molecule has 1 N–H and O–H groups in total. The highest BCUT2D eigenvalue weighted by atomic mass is 32.2. The molecule has 0 spiro atoms. The summed E-state index contributed by atoms with van der Waals surface area (Å²) in [7, 11) is 0.787. The lowest BCUT2D eigenvalue weighted by molar-refractivity contribution is 0.414. The van der Waals surface area contributed by atoms with E-state index in [0.717, 1.165) is 24.4 Å². The molecule has 1 heterocycles. The molecule has 0 aromatic heterocycles. The molecular weight excluding hydrogens is 276 g/mol. The van der Waals surface area contributed by atoms with Crippen LogP contribution in [0.4, 0.5) is 5.69 Å². The van der Waals surface area contributed by atoms with Crippen LogP contribution in [0.3, 0.4) is 0 Å². The van der Waals surface area contributed by atoms with Crippen LogP contribution in [0.1, 0.15) is 6.42 Å². The summed E-state index contributed by atoms with van der Waals surface area (Å²) in [6.45, 7) is 1.35. The lowest BCUT2D eigenvalue weighted by Crippen LogP contribution is -2.46. The van der Waals surface area contributed by atoms with Gasteiger partial charge in [0.1, 0.15) is 5.75 Å². The van der Waals surface area contributed by atoms with Crippen LogP contribution in [-0.4, -0.2) is 53.2 Å². The minimum Gasteiger partial charge on any atom is -0.495 e. The molecule has 1 saturated heterocycles. The summed E-state index contributed by atoms with van der Waals surface area (Å²) >= 11 is 0. The van der Waals surface area contributed by atoms with E-state index in [9.17, 15) is 8.42 Å². The maximum absolute atomic E-state index is 11.6. The highest BCUT2D eigenvalue weighted by Crippen LogP contribution is 2.26. The van der Waals surface area contributed by atoms with Crippen LogP contribution >= 0.6 is 0 Å². The fourth-order valence-corrected chi connectivity index (χ4v) is 3.96. The number of hydrogen-bond donors (Lipinski definition) is 1. The van der Waals surface area contributed by atoms with Gasteiger partial charge in [-0.25, -0.2) is 8.42 Å². The Morgan fingerprint density at radius 2 is 2.15 bits per heavy atom. The topological polar surface area (TPSA) is 58.6 Å². The number of nitrogens with one attached hydrogen (secondary N) is 1. The van der Waals surface area contributed by atoms with Crippen LogP contribution in [0.5, 0.6) is 5.75 Å². The van der Waals surface area contributed by atoms with Gasteiger partial charge in [-0.1, -0.05) is 12.1 Å². The molecule has 1 aromatic rings. The molecule has 6 heteroatoms. The highest BCUT2D eigenvalue weighted by molar-refractivity contribution is 7.91. The Bertz CT molecular complexity index is 545. The molecule has 1 fully saturated rings. The molecule has 20 heavy (non-hydrogen) atoms. The Morgan fingerprint density at radius 1 is 1.40 bits per heavy atom. The number of ether oxygens (including phenoxy) is 1. The predicted molar refractivity (Wildman–Crippen MR) is 81.3 cm³/mol. The van der Waals surface area contributed by atoms with Crippen LogP contribution in [0, 0.1) is 0 Å². The molecule has 0 aliphatic carbocycles. The third kappa shape index (κ3) is 3.86. The molecule has 2 rings (SSSR count). The van der Waals surface area contributed by atoms with Crippen molar-refractivity contribution in [3.63, 3.8) is 0 Å². The predicted octanol–water partition coefficient (Wildman–Crippen LogP) is 0.908. The van der Waals surface area contributed by atoms with E-state index >= 15 is 0 Å². The Morgan fingerprint density at radius 3 is 2.85 bits per heavy atom. The fourth-order valence-electron chi connectivity index (χ4n) is 2.47. The molecule has 1 unspecified atom stereocenters. The summed E-state index contributed by atoms with van der Waals surface area (Å²) in [4.78, 5) is 2.10. The van der Waals surface area contributed by atoms with Gasteiger partial charge in [-0.2, -0.15) is 0 Å². The first-order valence-corrected chi connectivity index (χ1v) is 8.62. The van der Waals surface area contributed by atoms with E-state index in [4.69, 9.17) is 4.74 Å². The van der Waals surface area contributed by atoms with Crippen LogP contribution in [0.2, 0.25) is 0 Å². The summed E-state index contributed by atoms with van der Waals surface area (Å²) < 4.78 is 28.5. The third-order valence-corrected chi connectivity index (χ3v) is 5.35. The second kappa shape index (κ2) is 6.45. The van der Waals surface area contributed by atoms with Crippen molar-refractivity contribution < 1.29 is 13.2 Å². The lowest BCUT2D eigenvalue weighted by Gasteiger charge is -2.27. The minimum absolute atomic E-state index is 0.0471. The van der Waals surface area contributed by atoms with Gasteiger partial charge < -0.3 is 15.0 Å². The third-order valence-electron chi connectivity index (χ3n) is 3.61. The summed E-state index contributed by atoms with van der Waals surface area (Å²) in [5, 5.41) is 3.27. The SMILES string of the molecule is COc1ccccc1N(C)CCC1CS(=O)(=O)CCN1. The maximum Gasteiger partial charge on any atom is 0.153 e. The first kappa shape index (κ1) is 15.1. The molecule has 1 aliphatic heterocycles. The van der Waals surface area contributed by atoms with Crippen molar-refractivity contribution in [2.75, 3.05) is 43.7 Å². The maximum atomic E-state index is 11.6. The van der Waals surface area contributed by atoms with Crippen LogP contribution < -0.4 is 15.0 Å². The zero-order valence-electron chi connectivity index (χ0n) is 12.0. The summed E-state index contributed by atoms with van der Waals surface area (Å²) in [5.74, 6) is 1.33. The van der Waals surface area contributed by atoms with Crippen molar-refractivity contribution in [3.05, 3.63) is 24.3 Å². The molecular formula is C14H22N2O3S. The smallest absolute Gasteiger partial charge is 0.153 e. The van der Waals surface area contributed by atoms with Gasteiger partial charge in [-0.3, -0.25) is 0 Å². The molecule has 0 radical (unpaired) electrons. The second-order valence-electron chi connectivity index (χ2n) is 5.15. The van der Waals surface area contributed by atoms with Gasteiger partial charge in [-0.05, 0) is 18.6 Å². The molecule has 112 valence electrons. The number of para-hydroxylation sites is 2. The molecule has 5 nitrogen and oxygen atoms in total. The van der Waals surface area contributed by atoms with Gasteiger partial charge >= 0.3 is 0 Å². The molecule has 0 bridgehead atoms. The van der Waals surface area contributed by atoms with Crippen LogP contribution in [-0.2, 0) is 9.84 Å². The second-order valence-corrected chi connectivity index (χ2v) is 7.38. The van der Waals surface area contributed by atoms with Gasteiger partial charge in [0.2, 0.25) is 0 Å². The fraction of sp³-hybridized carbons (Fsp3) is 0.571. The van der Waals surface area contributed by atoms with Crippen molar-refractivity contribution in [1.29, 1.82) is 0 Å². The summed E-state index contributed by atoms with van der Waals surface area (Å²) in [6.07, 6.45) is 0.799. The van der Waals surface area contributed by atoms with Gasteiger partial charge in [0.25, 0.3) is 0 Å². The Kier molecular flexibility index (Phi) is 4.88. The van der Waals surface area contributed by atoms with Crippen LogP contribution in [0.15, 0.2) is 24.3 Å². The van der Waals surface area contributed by atoms with Crippen molar-refractivity contribution in [3.8, 4) is 5.75 Å². The average Bonchev–Trinajstić information content (AvgIpc) is 2.43. The number of benzene rings is 1. The number of anilines is 1. The van der Waals surface area contributed by atoms with Crippen molar-refractivity contribution in [2.24, 2.45) is 0 Å². The average molecular weight is 298 g/mol. The largest absolute Gasteiger partial charge is 0.495 e. The Hall–Kier alpha value is -1.27. The number of rotatable bonds is 5. The van der Waals surface area contributed by atoms with Crippen molar-refractivity contribution in [2.45, 2.75) is 12.5 Å². The van der Waals surface area contributed by atoms with Crippen LogP contribution in [0.25, 0.3) is 0 Å². The standard InChI is InChI=1S/C14H22N2O3S/c1-16(13-5-3-4-6-14(13)19-2)9-7-12-11-20(17,18)10-8-15-12/h3-6,12,15H,7-11H2,1-2H3. The van der Waals surface area contributed by atoms with Gasteiger partial charge in [-0.15, -0.1) is 0 Å². The number of hydrogen-bond acceptors (Lipinski definition) is 5. The molecule has 1 atom stereocenters. The van der Waals surface area contributed by atoms with E-state index < -0.39 is 9.84 Å². The molecule has 1 aromatic carbocycles. The molecule has 0 amide bonds. The quantitative estimate of drug-likeness (QED) is 0.875. The lowest BCUT2D eigenvalue weighted by atomic mass is 10.2. The Labute approximate surface area is 120 Å². The normalized spacial score (nSPS) is 21.4. The van der Waals surface area contributed by atoms with E-state index in [0.29, 0.717) is 6.54 Å². The number of sulfone groups is 1.